The van der Waals surface area contributed by atoms with Crippen LogP contribution in [0.4, 0.5) is 0 Å². The van der Waals surface area contributed by atoms with Gasteiger partial charge in [0.25, 0.3) is 0 Å². The molecule has 4 N–H and O–H groups in total. The highest BCUT2D eigenvalue weighted by molar-refractivity contribution is 7.89. The van der Waals surface area contributed by atoms with Gasteiger partial charge in [0.05, 0.1) is 10.5 Å². The summed E-state index contributed by atoms with van der Waals surface area (Å²) in [6, 6.07) is 11.6. The quantitative estimate of drug-likeness (QED) is 0.688. The molecule has 0 saturated carbocycles. The van der Waals surface area contributed by atoms with Crippen LogP contribution in [0.25, 0.3) is 0 Å². The summed E-state index contributed by atoms with van der Waals surface area (Å²) < 4.78 is 26.8. The van der Waals surface area contributed by atoms with Crippen molar-refractivity contribution in [2.45, 2.75) is 11.3 Å². The van der Waals surface area contributed by atoms with E-state index in [-0.39, 0.29) is 29.0 Å². The van der Waals surface area contributed by atoms with Crippen molar-refractivity contribution in [1.29, 1.82) is 0 Å². The molecule has 2 aromatic rings. The summed E-state index contributed by atoms with van der Waals surface area (Å²) in [6.45, 7) is 0.0458. The molecule has 2 rings (SSSR count). The minimum Gasteiger partial charge on any atom is -0.478 e. The Kier molecular flexibility index (Phi) is 5.32. The summed E-state index contributed by atoms with van der Waals surface area (Å²) in [5.41, 5.74) is 6.00. The van der Waals surface area contributed by atoms with Gasteiger partial charge in [-0.2, -0.15) is 0 Å². The highest BCUT2D eigenvalue weighted by atomic mass is 32.2. The largest absolute Gasteiger partial charge is 0.478 e. The van der Waals surface area contributed by atoms with E-state index in [9.17, 15) is 18.0 Å². The van der Waals surface area contributed by atoms with Gasteiger partial charge in [-0.1, -0.05) is 18.2 Å². The molecule has 0 aliphatic heterocycles. The molecule has 2 aromatic carbocycles. The summed E-state index contributed by atoms with van der Waals surface area (Å²) >= 11 is 0. The van der Waals surface area contributed by atoms with Crippen LogP contribution in [-0.4, -0.2) is 31.9 Å². The number of amides is 1. The average Bonchev–Trinajstić information content (AvgIpc) is 2.55. The SMILES string of the molecule is NC(=O)c1ccc(S(=O)(=O)NCCc2ccccc2C(=O)O)cc1. The maximum absolute atomic E-state index is 12.2. The first-order valence-corrected chi connectivity index (χ1v) is 8.50. The summed E-state index contributed by atoms with van der Waals surface area (Å²) in [4.78, 5) is 22.1. The van der Waals surface area contributed by atoms with Crippen LogP contribution < -0.4 is 10.5 Å². The first-order chi connectivity index (χ1) is 11.3. The molecular weight excluding hydrogens is 332 g/mol. The third kappa shape index (κ3) is 4.18. The summed E-state index contributed by atoms with van der Waals surface area (Å²) in [7, 11) is -3.76. The molecule has 7 nitrogen and oxygen atoms in total. The third-order valence-electron chi connectivity index (χ3n) is 3.38. The number of carboxylic acid groups (broad SMARTS) is 1. The van der Waals surface area contributed by atoms with E-state index in [1.54, 1.807) is 18.2 Å². The topological polar surface area (TPSA) is 127 Å². The zero-order valence-electron chi connectivity index (χ0n) is 12.6. The van der Waals surface area contributed by atoms with Gasteiger partial charge in [-0.15, -0.1) is 0 Å². The summed E-state index contributed by atoms with van der Waals surface area (Å²) in [5.74, 6) is -1.70. The van der Waals surface area contributed by atoms with Crippen molar-refractivity contribution >= 4 is 21.9 Å². The first-order valence-electron chi connectivity index (χ1n) is 7.02. The van der Waals surface area contributed by atoms with E-state index in [0.29, 0.717) is 5.56 Å². The van der Waals surface area contributed by atoms with Crippen molar-refractivity contribution in [2.75, 3.05) is 6.54 Å². The zero-order valence-corrected chi connectivity index (χ0v) is 13.4. The van der Waals surface area contributed by atoms with Crippen LogP contribution in [0.2, 0.25) is 0 Å². The number of primary amides is 1. The van der Waals surface area contributed by atoms with E-state index in [1.165, 1.54) is 30.3 Å². The Morgan fingerprint density at radius 3 is 2.25 bits per heavy atom. The minimum atomic E-state index is -3.76. The summed E-state index contributed by atoms with van der Waals surface area (Å²) in [5, 5.41) is 9.10. The molecule has 0 atom stereocenters. The lowest BCUT2D eigenvalue weighted by Gasteiger charge is -2.09. The molecule has 126 valence electrons. The highest BCUT2D eigenvalue weighted by Crippen LogP contribution is 2.12. The number of sulfonamides is 1. The van der Waals surface area contributed by atoms with E-state index >= 15 is 0 Å². The number of carbonyl (C=O) groups is 2. The molecule has 0 unspecified atom stereocenters. The lowest BCUT2D eigenvalue weighted by atomic mass is 10.1. The maximum Gasteiger partial charge on any atom is 0.335 e. The van der Waals surface area contributed by atoms with Crippen molar-refractivity contribution in [3.05, 3.63) is 65.2 Å². The van der Waals surface area contributed by atoms with Crippen molar-refractivity contribution in [3.63, 3.8) is 0 Å². The van der Waals surface area contributed by atoms with Crippen LogP contribution in [-0.2, 0) is 16.4 Å². The lowest BCUT2D eigenvalue weighted by Crippen LogP contribution is -2.26. The molecule has 0 bridgehead atoms. The monoisotopic (exact) mass is 348 g/mol. The Bertz CT molecular complexity index is 860. The number of carbonyl (C=O) groups excluding carboxylic acids is 1. The predicted octanol–water partition coefficient (Wildman–Crippen LogP) is 1.00. The number of hydrogen-bond donors (Lipinski definition) is 3. The van der Waals surface area contributed by atoms with Gasteiger partial charge in [0.15, 0.2) is 0 Å². The molecule has 0 aliphatic carbocycles. The molecule has 8 heteroatoms. The van der Waals surface area contributed by atoms with E-state index < -0.39 is 21.9 Å². The lowest BCUT2D eigenvalue weighted by molar-refractivity contribution is 0.0695. The van der Waals surface area contributed by atoms with Crippen LogP contribution in [0.15, 0.2) is 53.4 Å². The Hall–Kier alpha value is -2.71. The second kappa shape index (κ2) is 7.24. The molecule has 0 aliphatic rings. The molecule has 1 amide bonds. The number of hydrogen-bond acceptors (Lipinski definition) is 4. The molecule has 0 spiro atoms. The third-order valence-corrected chi connectivity index (χ3v) is 4.86. The molecule has 0 radical (unpaired) electrons. The van der Waals surface area contributed by atoms with E-state index in [2.05, 4.69) is 4.72 Å². The smallest absolute Gasteiger partial charge is 0.335 e. The van der Waals surface area contributed by atoms with E-state index in [1.807, 2.05) is 0 Å². The molecule has 0 fully saturated rings. The molecule has 24 heavy (non-hydrogen) atoms. The number of nitrogens with one attached hydrogen (secondary N) is 1. The highest BCUT2D eigenvalue weighted by Gasteiger charge is 2.15. The number of rotatable bonds is 7. The standard InChI is InChI=1S/C16H16N2O5S/c17-15(19)12-5-7-13(8-6-12)24(22,23)18-10-9-11-3-1-2-4-14(11)16(20)21/h1-8,18H,9-10H2,(H2,17,19)(H,20,21). The Morgan fingerprint density at radius 2 is 1.67 bits per heavy atom. The fourth-order valence-corrected chi connectivity index (χ4v) is 3.18. The van der Waals surface area contributed by atoms with Gasteiger partial charge in [-0.25, -0.2) is 17.9 Å². The number of nitrogens with two attached hydrogens (primary N) is 1. The maximum atomic E-state index is 12.2. The Morgan fingerprint density at radius 1 is 1.04 bits per heavy atom. The fraction of sp³-hybridized carbons (Fsp3) is 0.125. The van der Waals surface area contributed by atoms with Crippen LogP contribution in [0.3, 0.4) is 0 Å². The van der Waals surface area contributed by atoms with Gasteiger partial charge in [-0.3, -0.25) is 4.79 Å². The van der Waals surface area contributed by atoms with Gasteiger partial charge in [0.1, 0.15) is 0 Å². The first kappa shape index (κ1) is 17.6. The van der Waals surface area contributed by atoms with Gasteiger partial charge in [0.2, 0.25) is 15.9 Å². The van der Waals surface area contributed by atoms with Crippen molar-refractivity contribution in [1.82, 2.24) is 4.72 Å². The van der Waals surface area contributed by atoms with Crippen molar-refractivity contribution < 1.29 is 23.1 Å². The Balaban J connectivity index is 2.06. The summed E-state index contributed by atoms with van der Waals surface area (Å²) in [6.07, 6.45) is 0.237. The molecule has 0 saturated heterocycles. The number of benzene rings is 2. The fourth-order valence-electron chi connectivity index (χ4n) is 2.15. The van der Waals surface area contributed by atoms with Crippen molar-refractivity contribution in [3.8, 4) is 0 Å². The van der Waals surface area contributed by atoms with Gasteiger partial charge < -0.3 is 10.8 Å². The van der Waals surface area contributed by atoms with E-state index in [0.717, 1.165) is 0 Å². The molecule has 0 heterocycles. The van der Waals surface area contributed by atoms with Gasteiger partial charge >= 0.3 is 5.97 Å². The number of carboxylic acids is 1. The van der Waals surface area contributed by atoms with Crippen LogP contribution >= 0.6 is 0 Å². The van der Waals surface area contributed by atoms with E-state index in [4.69, 9.17) is 10.8 Å². The predicted molar refractivity (Wildman–Crippen MR) is 87.3 cm³/mol. The second-order valence-corrected chi connectivity index (χ2v) is 6.77. The Labute approximate surface area is 139 Å². The van der Waals surface area contributed by atoms with Gasteiger partial charge in [-0.05, 0) is 42.3 Å². The van der Waals surface area contributed by atoms with Crippen molar-refractivity contribution in [2.24, 2.45) is 5.73 Å². The normalized spacial score (nSPS) is 11.2. The van der Waals surface area contributed by atoms with Crippen LogP contribution in [0, 0.1) is 0 Å². The van der Waals surface area contributed by atoms with Crippen LogP contribution in [0.1, 0.15) is 26.3 Å². The number of aromatic carboxylic acids is 1. The minimum absolute atomic E-state index is 0.000908. The average molecular weight is 348 g/mol. The molecular formula is C16H16N2O5S. The zero-order chi connectivity index (χ0) is 17.7. The van der Waals surface area contributed by atoms with Gasteiger partial charge in [0, 0.05) is 12.1 Å². The van der Waals surface area contributed by atoms with Crippen LogP contribution in [0.5, 0.6) is 0 Å². The molecule has 0 aromatic heterocycles. The second-order valence-electron chi connectivity index (χ2n) is 5.00.